The van der Waals surface area contributed by atoms with Crippen LogP contribution in [0.1, 0.15) is 22.3 Å². The third kappa shape index (κ3) is 2.82. The van der Waals surface area contributed by atoms with Crippen molar-refractivity contribution in [1.82, 2.24) is 14.4 Å². The fraction of sp³-hybridized carbons (Fsp3) is 0.348. The second kappa shape index (κ2) is 7.08. The highest BCUT2D eigenvalue weighted by atomic mass is 16.3. The number of rotatable bonds is 3. The van der Waals surface area contributed by atoms with E-state index in [1.165, 1.54) is 0 Å². The van der Waals surface area contributed by atoms with Crippen molar-refractivity contribution in [2.45, 2.75) is 18.1 Å². The molecule has 0 spiro atoms. The standard InChI is InChI=1S/C23H27N3O2/c1-24(2)23(17-8-5-4-6-9-17)13-15-26(16-21(23)27)22(28)19-10-7-11-20-18(19)12-14-25(20)3/h4-12,14,21,27H,13,15-16H2,1-3H3/t21-,23+/m1/s1. The number of aliphatic hydroxyl groups is 1. The quantitative estimate of drug-likeness (QED) is 0.764. The van der Waals surface area contributed by atoms with E-state index in [-0.39, 0.29) is 5.91 Å². The maximum absolute atomic E-state index is 13.3. The molecule has 1 N–H and O–H groups in total. The molecule has 2 heterocycles. The van der Waals surface area contributed by atoms with Gasteiger partial charge in [0.05, 0.1) is 11.6 Å². The molecule has 5 nitrogen and oxygen atoms in total. The van der Waals surface area contributed by atoms with Crippen LogP contribution in [0, 0.1) is 0 Å². The van der Waals surface area contributed by atoms with Crippen LogP contribution in [0.15, 0.2) is 60.8 Å². The van der Waals surface area contributed by atoms with E-state index in [1.807, 2.05) is 74.4 Å². The average Bonchev–Trinajstić information content (AvgIpc) is 3.09. The number of nitrogens with zero attached hydrogens (tertiary/aromatic N) is 3. The minimum atomic E-state index is -0.669. The summed E-state index contributed by atoms with van der Waals surface area (Å²) in [7, 11) is 5.98. The van der Waals surface area contributed by atoms with E-state index in [0.29, 0.717) is 25.1 Å². The average molecular weight is 377 g/mol. The van der Waals surface area contributed by atoms with Gasteiger partial charge in [-0.3, -0.25) is 9.69 Å². The smallest absolute Gasteiger partial charge is 0.254 e. The number of carbonyl (C=O) groups is 1. The topological polar surface area (TPSA) is 48.7 Å². The van der Waals surface area contributed by atoms with Crippen LogP contribution in [0.2, 0.25) is 0 Å². The lowest BCUT2D eigenvalue weighted by Crippen LogP contribution is -2.60. The summed E-state index contributed by atoms with van der Waals surface area (Å²) in [6, 6.07) is 17.9. The molecule has 5 heteroatoms. The Labute approximate surface area is 165 Å². The number of carbonyl (C=O) groups excluding carboxylic acids is 1. The molecule has 2 atom stereocenters. The number of amides is 1. The van der Waals surface area contributed by atoms with Gasteiger partial charge >= 0.3 is 0 Å². The van der Waals surface area contributed by atoms with Gasteiger partial charge in [-0.05, 0) is 44.3 Å². The van der Waals surface area contributed by atoms with Gasteiger partial charge in [-0.25, -0.2) is 0 Å². The van der Waals surface area contributed by atoms with E-state index in [0.717, 1.165) is 16.5 Å². The molecule has 1 aromatic heterocycles. The summed E-state index contributed by atoms with van der Waals surface area (Å²) in [5.41, 5.74) is 2.33. The molecule has 1 aliphatic heterocycles. The number of hydrogen-bond acceptors (Lipinski definition) is 3. The van der Waals surface area contributed by atoms with Gasteiger partial charge in [0, 0.05) is 42.8 Å². The van der Waals surface area contributed by atoms with Crippen LogP contribution in [0.25, 0.3) is 10.9 Å². The molecule has 0 bridgehead atoms. The second-order valence-electron chi connectivity index (χ2n) is 7.87. The van der Waals surface area contributed by atoms with Crippen molar-refractivity contribution in [3.63, 3.8) is 0 Å². The number of aliphatic hydroxyl groups excluding tert-OH is 1. The van der Waals surface area contributed by atoms with Crippen molar-refractivity contribution in [1.29, 1.82) is 0 Å². The zero-order valence-electron chi connectivity index (χ0n) is 16.7. The van der Waals surface area contributed by atoms with Gasteiger partial charge < -0.3 is 14.6 Å². The van der Waals surface area contributed by atoms with Crippen molar-refractivity contribution in [3.05, 3.63) is 71.9 Å². The molecule has 0 aliphatic carbocycles. The number of aromatic nitrogens is 1. The lowest BCUT2D eigenvalue weighted by molar-refractivity contribution is -0.0611. The normalized spacial score (nSPS) is 22.8. The Balaban J connectivity index is 1.64. The van der Waals surface area contributed by atoms with Gasteiger partial charge in [0.1, 0.15) is 0 Å². The third-order valence-corrected chi connectivity index (χ3v) is 6.22. The Morgan fingerprint density at radius 2 is 1.86 bits per heavy atom. The van der Waals surface area contributed by atoms with Gasteiger partial charge in [0.25, 0.3) is 5.91 Å². The van der Waals surface area contributed by atoms with Crippen LogP contribution >= 0.6 is 0 Å². The molecule has 2 aromatic carbocycles. The van der Waals surface area contributed by atoms with Crippen LogP contribution in [0.4, 0.5) is 0 Å². The van der Waals surface area contributed by atoms with Crippen molar-refractivity contribution in [2.75, 3.05) is 27.2 Å². The van der Waals surface area contributed by atoms with Crippen molar-refractivity contribution < 1.29 is 9.90 Å². The van der Waals surface area contributed by atoms with E-state index in [9.17, 15) is 9.90 Å². The van der Waals surface area contributed by atoms with Crippen molar-refractivity contribution in [2.24, 2.45) is 7.05 Å². The molecule has 1 fully saturated rings. The van der Waals surface area contributed by atoms with E-state index in [1.54, 1.807) is 4.90 Å². The molecular formula is C23H27N3O2. The van der Waals surface area contributed by atoms with Crippen LogP contribution in [-0.2, 0) is 12.6 Å². The first kappa shape index (κ1) is 18.7. The second-order valence-corrected chi connectivity index (χ2v) is 7.87. The molecule has 1 amide bonds. The molecule has 28 heavy (non-hydrogen) atoms. The van der Waals surface area contributed by atoms with Crippen molar-refractivity contribution >= 4 is 16.8 Å². The molecule has 1 aliphatic rings. The summed E-state index contributed by atoms with van der Waals surface area (Å²) in [6.45, 7) is 0.918. The molecule has 0 unspecified atom stereocenters. The van der Waals surface area contributed by atoms with E-state index in [4.69, 9.17) is 0 Å². The predicted molar refractivity (Wildman–Crippen MR) is 111 cm³/mol. The minimum Gasteiger partial charge on any atom is -0.389 e. The summed E-state index contributed by atoms with van der Waals surface area (Å²) in [5.74, 6) is -0.0173. The van der Waals surface area contributed by atoms with Crippen LogP contribution in [-0.4, -0.2) is 58.7 Å². The number of β-amino-alcohol motifs (C(OH)–C–C–N with tert-alkyl or cyclic N) is 1. The minimum absolute atomic E-state index is 0.0173. The first-order chi connectivity index (χ1) is 13.4. The Morgan fingerprint density at radius 1 is 1.11 bits per heavy atom. The molecule has 3 aromatic rings. The van der Waals surface area contributed by atoms with Gasteiger partial charge in [-0.1, -0.05) is 36.4 Å². The Hall–Kier alpha value is -2.63. The lowest BCUT2D eigenvalue weighted by atomic mass is 9.77. The molecular weight excluding hydrogens is 350 g/mol. The molecule has 1 saturated heterocycles. The highest BCUT2D eigenvalue weighted by Crippen LogP contribution is 2.38. The Kier molecular flexibility index (Phi) is 4.73. The summed E-state index contributed by atoms with van der Waals surface area (Å²) in [5, 5.41) is 12.1. The maximum atomic E-state index is 13.3. The number of aryl methyl sites for hydroxylation is 1. The molecule has 4 rings (SSSR count). The van der Waals surface area contributed by atoms with Crippen LogP contribution in [0.5, 0.6) is 0 Å². The fourth-order valence-corrected chi connectivity index (χ4v) is 4.61. The van der Waals surface area contributed by atoms with Crippen molar-refractivity contribution in [3.8, 4) is 0 Å². The molecule has 0 radical (unpaired) electrons. The number of hydrogen-bond donors (Lipinski definition) is 1. The maximum Gasteiger partial charge on any atom is 0.254 e. The first-order valence-electron chi connectivity index (χ1n) is 9.69. The van der Waals surface area contributed by atoms with Gasteiger partial charge in [-0.2, -0.15) is 0 Å². The van der Waals surface area contributed by atoms with E-state index in [2.05, 4.69) is 17.0 Å². The van der Waals surface area contributed by atoms with Gasteiger partial charge in [-0.15, -0.1) is 0 Å². The zero-order valence-corrected chi connectivity index (χ0v) is 16.7. The Morgan fingerprint density at radius 3 is 2.54 bits per heavy atom. The van der Waals surface area contributed by atoms with Gasteiger partial charge in [0.15, 0.2) is 0 Å². The molecule has 146 valence electrons. The van der Waals surface area contributed by atoms with Gasteiger partial charge in [0.2, 0.25) is 0 Å². The summed E-state index contributed by atoms with van der Waals surface area (Å²) >= 11 is 0. The predicted octanol–water partition coefficient (Wildman–Crippen LogP) is 2.84. The van der Waals surface area contributed by atoms with Crippen LogP contribution < -0.4 is 0 Å². The Bertz CT molecular complexity index is 996. The summed E-state index contributed by atoms with van der Waals surface area (Å²) in [4.78, 5) is 17.2. The lowest BCUT2D eigenvalue weighted by Gasteiger charge is -2.49. The number of likely N-dealkylation sites (N-methyl/N-ethyl adjacent to an activating group) is 1. The number of fused-ring (bicyclic) bond motifs is 1. The largest absolute Gasteiger partial charge is 0.389 e. The molecule has 0 saturated carbocycles. The van der Waals surface area contributed by atoms with E-state index >= 15 is 0 Å². The van der Waals surface area contributed by atoms with E-state index < -0.39 is 11.6 Å². The van der Waals surface area contributed by atoms with Crippen LogP contribution in [0.3, 0.4) is 0 Å². The summed E-state index contributed by atoms with van der Waals surface area (Å²) in [6.07, 6.45) is 1.98. The fourth-order valence-electron chi connectivity index (χ4n) is 4.61. The number of piperidine rings is 1. The monoisotopic (exact) mass is 377 g/mol. The number of likely N-dealkylation sites (tertiary alicyclic amines) is 1. The first-order valence-corrected chi connectivity index (χ1v) is 9.69. The zero-order chi connectivity index (χ0) is 19.9. The number of benzene rings is 2. The third-order valence-electron chi connectivity index (χ3n) is 6.22. The SMILES string of the molecule is CN(C)[C@]1(c2ccccc2)CCN(C(=O)c2cccc3c2ccn3C)C[C@H]1O. The highest BCUT2D eigenvalue weighted by molar-refractivity contribution is 6.06. The highest BCUT2D eigenvalue weighted by Gasteiger charge is 2.46. The summed E-state index contributed by atoms with van der Waals surface area (Å²) < 4.78 is 2.02.